The molecular formula is C11H14N4OS2. The van der Waals surface area contributed by atoms with E-state index >= 15 is 0 Å². The number of urea groups is 1. The molecule has 0 fully saturated rings. The molecule has 2 aromatic heterocycles. The maximum Gasteiger partial charge on any atom is 0.323 e. The Hall–Kier alpha value is -1.47. The molecule has 0 aliphatic rings. The predicted molar refractivity (Wildman–Crippen MR) is 74.2 cm³/mol. The van der Waals surface area contributed by atoms with Crippen LogP contribution in [0.15, 0.2) is 17.6 Å². The van der Waals surface area contributed by atoms with E-state index in [9.17, 15) is 4.79 Å². The van der Waals surface area contributed by atoms with Crippen LogP contribution in [-0.2, 0) is 0 Å². The topological polar surface area (TPSA) is 58.1 Å². The zero-order valence-corrected chi connectivity index (χ0v) is 12.0. The van der Waals surface area contributed by atoms with Crippen LogP contribution in [0.3, 0.4) is 0 Å². The smallest absolute Gasteiger partial charge is 0.320 e. The molecule has 0 aliphatic carbocycles. The van der Waals surface area contributed by atoms with E-state index < -0.39 is 0 Å². The van der Waals surface area contributed by atoms with Crippen molar-refractivity contribution in [3.8, 4) is 0 Å². The number of aryl methyl sites for hydroxylation is 1. The van der Waals surface area contributed by atoms with Crippen molar-refractivity contribution in [1.82, 2.24) is 15.1 Å². The molecule has 0 radical (unpaired) electrons. The highest BCUT2D eigenvalue weighted by molar-refractivity contribution is 7.13. The van der Waals surface area contributed by atoms with E-state index in [-0.39, 0.29) is 12.1 Å². The highest BCUT2D eigenvalue weighted by Crippen LogP contribution is 2.26. The molecule has 0 aliphatic heterocycles. The van der Waals surface area contributed by atoms with Crippen LogP contribution in [0.5, 0.6) is 0 Å². The lowest BCUT2D eigenvalue weighted by Crippen LogP contribution is -2.33. The Bertz CT molecular complexity index is 523. The van der Waals surface area contributed by atoms with Gasteiger partial charge in [0.05, 0.1) is 6.04 Å². The second-order valence-corrected chi connectivity index (χ2v) is 6.06. The first kappa shape index (κ1) is 13.0. The van der Waals surface area contributed by atoms with Crippen LogP contribution in [0.25, 0.3) is 0 Å². The number of carbonyl (C=O) groups excluding carboxylic acids is 1. The summed E-state index contributed by atoms with van der Waals surface area (Å²) in [6.45, 7) is 4.06. The third kappa shape index (κ3) is 2.85. The standard InChI is InChI=1S/C11H14N4OS2/c1-7-4-5-9(18-7)8(2)15(3)11(16)13-10-14-12-6-17-10/h4-6,8H,1-3H3,(H,13,14,16)/t8-/m1/s1. The first-order valence-electron chi connectivity index (χ1n) is 5.44. The Labute approximate surface area is 113 Å². The molecule has 0 bridgehead atoms. The average Bonchev–Trinajstić information content (AvgIpc) is 2.98. The Kier molecular flexibility index (Phi) is 3.93. The van der Waals surface area contributed by atoms with Crippen molar-refractivity contribution in [2.75, 3.05) is 12.4 Å². The lowest BCUT2D eigenvalue weighted by molar-refractivity contribution is 0.209. The maximum absolute atomic E-state index is 12.0. The molecule has 0 unspecified atom stereocenters. The normalized spacial score (nSPS) is 12.2. The van der Waals surface area contributed by atoms with Gasteiger partial charge >= 0.3 is 6.03 Å². The van der Waals surface area contributed by atoms with Crippen LogP contribution in [0.4, 0.5) is 9.93 Å². The minimum atomic E-state index is -0.176. The Morgan fingerprint density at radius 2 is 2.28 bits per heavy atom. The molecule has 1 N–H and O–H groups in total. The average molecular weight is 282 g/mol. The fourth-order valence-electron chi connectivity index (χ4n) is 1.45. The SMILES string of the molecule is Cc1ccc([C@@H](C)N(C)C(=O)Nc2nncs2)s1. The third-order valence-electron chi connectivity index (χ3n) is 2.65. The summed E-state index contributed by atoms with van der Waals surface area (Å²) in [5, 5.41) is 10.7. The van der Waals surface area contributed by atoms with Crippen LogP contribution in [-0.4, -0.2) is 28.2 Å². The summed E-state index contributed by atoms with van der Waals surface area (Å²) in [6.07, 6.45) is 0. The number of amides is 2. The summed E-state index contributed by atoms with van der Waals surface area (Å²) in [4.78, 5) is 16.1. The molecule has 2 rings (SSSR count). The first-order valence-corrected chi connectivity index (χ1v) is 7.14. The number of rotatable bonds is 3. The number of hydrogen-bond acceptors (Lipinski definition) is 5. The molecule has 0 saturated heterocycles. The molecule has 1 atom stereocenters. The molecule has 7 heteroatoms. The Morgan fingerprint density at radius 1 is 1.50 bits per heavy atom. The molecule has 18 heavy (non-hydrogen) atoms. The monoisotopic (exact) mass is 282 g/mol. The first-order chi connectivity index (χ1) is 8.58. The fourth-order valence-corrected chi connectivity index (χ4v) is 2.86. The van der Waals surface area contributed by atoms with E-state index in [0.717, 1.165) is 0 Å². The van der Waals surface area contributed by atoms with Gasteiger partial charge in [0.2, 0.25) is 5.13 Å². The highest BCUT2D eigenvalue weighted by atomic mass is 32.1. The van der Waals surface area contributed by atoms with Gasteiger partial charge in [-0.15, -0.1) is 21.5 Å². The van der Waals surface area contributed by atoms with Gasteiger partial charge in [-0.1, -0.05) is 11.3 Å². The molecule has 2 amide bonds. The van der Waals surface area contributed by atoms with Gasteiger partial charge in [0.25, 0.3) is 0 Å². The third-order valence-corrected chi connectivity index (χ3v) is 4.43. The van der Waals surface area contributed by atoms with Crippen LogP contribution in [0, 0.1) is 6.92 Å². The van der Waals surface area contributed by atoms with E-state index in [1.54, 1.807) is 28.8 Å². The largest absolute Gasteiger partial charge is 0.323 e. The fraction of sp³-hybridized carbons (Fsp3) is 0.364. The highest BCUT2D eigenvalue weighted by Gasteiger charge is 2.19. The van der Waals surface area contributed by atoms with Crippen molar-refractivity contribution < 1.29 is 4.79 Å². The second kappa shape index (κ2) is 5.45. The number of carbonyl (C=O) groups is 1. The van der Waals surface area contributed by atoms with Crippen LogP contribution in [0.2, 0.25) is 0 Å². The summed E-state index contributed by atoms with van der Waals surface area (Å²) in [5.74, 6) is 0. The number of hydrogen-bond donors (Lipinski definition) is 1. The van der Waals surface area contributed by atoms with E-state index in [1.807, 2.05) is 6.92 Å². The second-order valence-electron chi connectivity index (χ2n) is 3.91. The molecule has 0 spiro atoms. The van der Waals surface area contributed by atoms with Crippen molar-refractivity contribution >= 4 is 33.8 Å². The van der Waals surface area contributed by atoms with Gasteiger partial charge in [-0.3, -0.25) is 5.32 Å². The minimum Gasteiger partial charge on any atom is -0.320 e. The van der Waals surface area contributed by atoms with E-state index in [1.165, 1.54) is 21.1 Å². The quantitative estimate of drug-likeness (QED) is 0.941. The molecule has 2 heterocycles. The Morgan fingerprint density at radius 3 is 2.83 bits per heavy atom. The van der Waals surface area contributed by atoms with Gasteiger partial charge in [0, 0.05) is 16.8 Å². The van der Waals surface area contributed by atoms with Gasteiger partial charge in [-0.05, 0) is 26.0 Å². The predicted octanol–water partition coefficient (Wildman–Crippen LogP) is 3.13. The lowest BCUT2D eigenvalue weighted by atomic mass is 10.2. The summed E-state index contributed by atoms with van der Waals surface area (Å²) in [6, 6.07) is 3.98. The zero-order chi connectivity index (χ0) is 13.1. The number of nitrogens with one attached hydrogen (secondary N) is 1. The van der Waals surface area contributed by atoms with Crippen LogP contribution >= 0.6 is 22.7 Å². The number of nitrogens with zero attached hydrogens (tertiary/aromatic N) is 3. The van der Waals surface area contributed by atoms with Crippen LogP contribution in [0.1, 0.15) is 22.7 Å². The van der Waals surface area contributed by atoms with E-state index in [0.29, 0.717) is 5.13 Å². The summed E-state index contributed by atoms with van der Waals surface area (Å²) in [5.41, 5.74) is 1.58. The molecule has 0 saturated carbocycles. The van der Waals surface area contributed by atoms with Crippen LogP contribution < -0.4 is 5.32 Å². The maximum atomic E-state index is 12.0. The lowest BCUT2D eigenvalue weighted by Gasteiger charge is -2.23. The molecular weight excluding hydrogens is 268 g/mol. The van der Waals surface area contributed by atoms with Gasteiger partial charge < -0.3 is 4.90 Å². The summed E-state index contributed by atoms with van der Waals surface area (Å²) >= 11 is 3.00. The van der Waals surface area contributed by atoms with Gasteiger partial charge in [-0.25, -0.2) is 4.79 Å². The van der Waals surface area contributed by atoms with Gasteiger partial charge in [0.15, 0.2) is 0 Å². The van der Waals surface area contributed by atoms with Crippen molar-refractivity contribution in [3.63, 3.8) is 0 Å². The van der Waals surface area contributed by atoms with Gasteiger partial charge in [-0.2, -0.15) is 0 Å². The summed E-state index contributed by atoms with van der Waals surface area (Å²) in [7, 11) is 1.77. The summed E-state index contributed by atoms with van der Waals surface area (Å²) < 4.78 is 0. The van der Waals surface area contributed by atoms with Crippen molar-refractivity contribution in [2.24, 2.45) is 0 Å². The number of thiophene rings is 1. The molecule has 96 valence electrons. The Balaban J connectivity index is 2.02. The molecule has 5 nitrogen and oxygen atoms in total. The minimum absolute atomic E-state index is 0.0385. The van der Waals surface area contributed by atoms with E-state index in [4.69, 9.17) is 0 Å². The van der Waals surface area contributed by atoms with Crippen molar-refractivity contribution in [1.29, 1.82) is 0 Å². The zero-order valence-electron chi connectivity index (χ0n) is 10.4. The molecule has 2 aromatic rings. The van der Waals surface area contributed by atoms with Crippen molar-refractivity contribution in [3.05, 3.63) is 27.4 Å². The molecule has 0 aromatic carbocycles. The number of aromatic nitrogens is 2. The number of anilines is 1. The van der Waals surface area contributed by atoms with Gasteiger partial charge in [0.1, 0.15) is 5.51 Å². The van der Waals surface area contributed by atoms with Crippen molar-refractivity contribution in [2.45, 2.75) is 19.9 Å². The van der Waals surface area contributed by atoms with E-state index in [2.05, 4.69) is 34.6 Å².